The van der Waals surface area contributed by atoms with Crippen LogP contribution in [0.5, 0.6) is 0 Å². The number of benzene rings is 1. The van der Waals surface area contributed by atoms with E-state index in [2.05, 4.69) is 10.3 Å². The van der Waals surface area contributed by atoms with Crippen LogP contribution in [0, 0.1) is 6.42 Å². The Morgan fingerprint density at radius 3 is 2.70 bits per heavy atom. The topological polar surface area (TPSA) is 106 Å². The number of amides is 1. The minimum atomic E-state index is -3.85. The van der Waals surface area contributed by atoms with Crippen LogP contribution in [0.1, 0.15) is 18.4 Å². The lowest BCUT2D eigenvalue weighted by Gasteiger charge is -2.19. The van der Waals surface area contributed by atoms with Gasteiger partial charge >= 0.3 is 0 Å². The zero-order valence-corrected chi connectivity index (χ0v) is 17.3. The Balaban J connectivity index is 1.48. The van der Waals surface area contributed by atoms with Crippen molar-refractivity contribution in [1.82, 2.24) is 14.6 Å². The number of carbonyl (C=O) groups is 2. The van der Waals surface area contributed by atoms with Crippen molar-refractivity contribution in [3.8, 4) is 0 Å². The van der Waals surface area contributed by atoms with Crippen molar-refractivity contribution in [3.05, 3.63) is 66.7 Å². The number of ether oxygens (including phenoxy) is 1. The Hall–Kier alpha value is -2.62. The molecule has 9 heteroatoms. The molecule has 2 aromatic rings. The molecule has 1 N–H and O–H groups in total. The minimum absolute atomic E-state index is 0.0933. The molecule has 3 rings (SSSR count). The van der Waals surface area contributed by atoms with Gasteiger partial charge in [0.25, 0.3) is 10.0 Å². The van der Waals surface area contributed by atoms with Crippen LogP contribution in [-0.4, -0.2) is 55.1 Å². The van der Waals surface area contributed by atoms with E-state index < -0.39 is 22.0 Å². The maximum atomic E-state index is 12.7. The Morgan fingerprint density at radius 1 is 1.20 bits per heavy atom. The van der Waals surface area contributed by atoms with E-state index in [1.807, 2.05) is 30.3 Å². The molecule has 1 fully saturated rings. The summed E-state index contributed by atoms with van der Waals surface area (Å²) in [5, 5.41) is 2.56. The minimum Gasteiger partial charge on any atom is -0.376 e. The molecule has 30 heavy (non-hydrogen) atoms. The van der Waals surface area contributed by atoms with Crippen LogP contribution in [0.4, 0.5) is 0 Å². The number of pyridine rings is 1. The van der Waals surface area contributed by atoms with Gasteiger partial charge in [-0.25, -0.2) is 13.4 Å². The first-order valence-electron chi connectivity index (χ1n) is 9.66. The molecule has 1 aliphatic rings. The summed E-state index contributed by atoms with van der Waals surface area (Å²) in [5.74, 6) is -0.763. The fourth-order valence-corrected chi connectivity index (χ4v) is 4.48. The van der Waals surface area contributed by atoms with Gasteiger partial charge in [0, 0.05) is 12.7 Å². The van der Waals surface area contributed by atoms with Crippen molar-refractivity contribution in [1.29, 1.82) is 0 Å². The Morgan fingerprint density at radius 2 is 1.97 bits per heavy atom. The van der Waals surface area contributed by atoms with E-state index >= 15 is 0 Å². The lowest BCUT2D eigenvalue weighted by Crippen LogP contribution is -2.44. The summed E-state index contributed by atoms with van der Waals surface area (Å²) in [5.41, 5.74) is 1.000. The van der Waals surface area contributed by atoms with Crippen molar-refractivity contribution in [3.63, 3.8) is 0 Å². The maximum absolute atomic E-state index is 12.7. The van der Waals surface area contributed by atoms with Crippen molar-refractivity contribution in [2.24, 2.45) is 0 Å². The predicted octanol–water partition coefficient (Wildman–Crippen LogP) is 1.34. The van der Waals surface area contributed by atoms with Crippen LogP contribution in [-0.2, 0) is 31.0 Å². The molecule has 1 saturated heterocycles. The summed E-state index contributed by atoms with van der Waals surface area (Å²) in [6.07, 6.45) is 3.56. The molecule has 1 aliphatic heterocycles. The van der Waals surface area contributed by atoms with E-state index in [9.17, 15) is 18.0 Å². The van der Waals surface area contributed by atoms with Crippen LogP contribution in [0.15, 0.2) is 59.8 Å². The smallest absolute Gasteiger partial charge is 0.260 e. The molecule has 8 nitrogen and oxygen atoms in total. The molecule has 0 spiro atoms. The number of rotatable bonds is 8. The highest BCUT2D eigenvalue weighted by Gasteiger charge is 2.33. The third-order valence-corrected chi connectivity index (χ3v) is 6.44. The first kappa shape index (κ1) is 22.1. The second-order valence-corrected chi connectivity index (χ2v) is 8.77. The first-order chi connectivity index (χ1) is 14.5. The summed E-state index contributed by atoms with van der Waals surface area (Å²) >= 11 is 0. The summed E-state index contributed by atoms with van der Waals surface area (Å²) in [6, 6.07) is 13.4. The Kier molecular flexibility index (Phi) is 7.67. The zero-order chi connectivity index (χ0) is 21.4. The van der Waals surface area contributed by atoms with E-state index in [4.69, 9.17) is 4.74 Å². The average Bonchev–Trinajstić information content (AvgIpc) is 2.94. The van der Waals surface area contributed by atoms with E-state index in [1.165, 1.54) is 18.7 Å². The van der Waals surface area contributed by atoms with Gasteiger partial charge in [-0.2, -0.15) is 4.31 Å². The normalized spacial score (nSPS) is 18.0. The van der Waals surface area contributed by atoms with Gasteiger partial charge in [0.1, 0.15) is 0 Å². The van der Waals surface area contributed by atoms with Gasteiger partial charge in [0.2, 0.25) is 5.91 Å². The SMILES string of the molecule is O=C([CH]COCc1ccccc1)N[C@H]1CCCN(S(=O)(=O)c2ccccn2)CC1=O. The molecule has 0 saturated carbocycles. The van der Waals surface area contributed by atoms with Gasteiger partial charge in [-0.15, -0.1) is 0 Å². The van der Waals surface area contributed by atoms with Gasteiger partial charge in [-0.1, -0.05) is 36.4 Å². The molecule has 1 aromatic heterocycles. The summed E-state index contributed by atoms with van der Waals surface area (Å²) in [6.45, 7) is 0.393. The molecular formula is C21H24N3O5S. The number of ketones is 1. The van der Waals surface area contributed by atoms with Crippen molar-refractivity contribution in [2.75, 3.05) is 19.7 Å². The molecule has 0 bridgehead atoms. The van der Waals surface area contributed by atoms with Gasteiger partial charge in [-0.05, 0) is 30.5 Å². The maximum Gasteiger partial charge on any atom is 0.260 e. The molecule has 1 amide bonds. The number of sulfonamides is 1. The number of hydrogen-bond donors (Lipinski definition) is 1. The largest absolute Gasteiger partial charge is 0.376 e. The predicted molar refractivity (Wildman–Crippen MR) is 110 cm³/mol. The van der Waals surface area contributed by atoms with Gasteiger partial charge in [0.15, 0.2) is 10.8 Å². The van der Waals surface area contributed by atoms with E-state index in [0.717, 1.165) is 9.87 Å². The number of nitrogens with one attached hydrogen (secondary N) is 1. The van der Waals surface area contributed by atoms with E-state index in [0.29, 0.717) is 19.4 Å². The molecule has 1 aromatic carbocycles. The third-order valence-electron chi connectivity index (χ3n) is 4.68. The highest BCUT2D eigenvalue weighted by Crippen LogP contribution is 2.17. The quantitative estimate of drug-likeness (QED) is 0.634. The van der Waals surface area contributed by atoms with Crippen LogP contribution in [0.3, 0.4) is 0 Å². The number of Topliss-reactive ketones (excluding diaryl/α,β-unsaturated/α-hetero) is 1. The van der Waals surface area contributed by atoms with E-state index in [1.54, 1.807) is 12.1 Å². The number of carbonyl (C=O) groups excluding carboxylic acids is 2. The highest BCUT2D eigenvalue weighted by atomic mass is 32.2. The molecule has 1 atom stereocenters. The van der Waals surface area contributed by atoms with Crippen LogP contribution >= 0.6 is 0 Å². The lowest BCUT2D eigenvalue weighted by molar-refractivity contribution is -0.126. The van der Waals surface area contributed by atoms with Gasteiger partial charge < -0.3 is 10.1 Å². The number of aromatic nitrogens is 1. The Bertz CT molecular complexity index is 951. The van der Waals surface area contributed by atoms with Gasteiger partial charge in [-0.3, -0.25) is 9.59 Å². The van der Waals surface area contributed by atoms with Crippen molar-refractivity contribution in [2.45, 2.75) is 30.5 Å². The lowest BCUT2D eigenvalue weighted by atomic mass is 10.1. The highest BCUT2D eigenvalue weighted by molar-refractivity contribution is 7.89. The second-order valence-electron chi connectivity index (χ2n) is 6.88. The third kappa shape index (κ3) is 5.94. The monoisotopic (exact) mass is 430 g/mol. The molecule has 1 radical (unpaired) electrons. The molecule has 159 valence electrons. The van der Waals surface area contributed by atoms with Gasteiger partial charge in [0.05, 0.1) is 32.2 Å². The van der Waals surface area contributed by atoms with Crippen molar-refractivity contribution < 1.29 is 22.7 Å². The van der Waals surface area contributed by atoms with Crippen molar-refractivity contribution >= 4 is 21.7 Å². The Labute approximate surface area is 176 Å². The summed E-state index contributed by atoms with van der Waals surface area (Å²) in [7, 11) is -3.85. The van der Waals surface area contributed by atoms with Crippen LogP contribution < -0.4 is 5.32 Å². The first-order valence-corrected chi connectivity index (χ1v) is 11.1. The fourth-order valence-electron chi connectivity index (χ4n) is 3.10. The molecule has 2 heterocycles. The molecular weight excluding hydrogens is 406 g/mol. The number of nitrogens with zero attached hydrogens (tertiary/aromatic N) is 2. The molecule has 0 aliphatic carbocycles. The molecule has 0 unspecified atom stereocenters. The summed E-state index contributed by atoms with van der Waals surface area (Å²) in [4.78, 5) is 28.6. The van der Waals surface area contributed by atoms with Crippen LogP contribution in [0.2, 0.25) is 0 Å². The standard InChI is InChI=1S/C21H24N3O5S/c25-19-15-24(30(27,28)21-10-4-5-12-22-21)13-6-9-18(19)23-20(26)11-14-29-16-17-7-2-1-3-8-17/h1-5,7-8,10-12,18H,6,9,13-16H2,(H,23,26)/t18-/m0/s1. The van der Waals surface area contributed by atoms with E-state index in [-0.39, 0.29) is 30.5 Å². The van der Waals surface area contributed by atoms with Crippen LogP contribution in [0.25, 0.3) is 0 Å². The fraction of sp³-hybridized carbons (Fsp3) is 0.333. The second kappa shape index (κ2) is 10.4. The average molecular weight is 431 g/mol. The summed E-state index contributed by atoms with van der Waals surface area (Å²) < 4.78 is 32.0. The number of hydrogen-bond acceptors (Lipinski definition) is 6. The zero-order valence-electron chi connectivity index (χ0n) is 16.4.